The predicted molar refractivity (Wildman–Crippen MR) is 79.6 cm³/mol. The first kappa shape index (κ1) is 16.6. The van der Waals surface area contributed by atoms with E-state index in [4.69, 9.17) is 0 Å². The molecular weight excluding hydrogens is 293 g/mol. The van der Waals surface area contributed by atoms with Gasteiger partial charge in [0.2, 0.25) is 5.91 Å². The molecule has 0 aliphatic carbocycles. The average Bonchev–Trinajstić information content (AvgIpc) is 2.52. The number of nitrogens with zero attached hydrogens (tertiary/aromatic N) is 1. The highest BCUT2D eigenvalue weighted by atomic mass is 19.4. The van der Waals surface area contributed by atoms with Crippen molar-refractivity contribution < 1.29 is 18.0 Å². The molecule has 1 aromatic rings. The van der Waals surface area contributed by atoms with Crippen molar-refractivity contribution in [3.63, 3.8) is 0 Å². The van der Waals surface area contributed by atoms with Gasteiger partial charge in [0.1, 0.15) is 0 Å². The number of amides is 1. The lowest BCUT2D eigenvalue weighted by Gasteiger charge is -2.35. The zero-order valence-electron chi connectivity index (χ0n) is 12.6. The van der Waals surface area contributed by atoms with Gasteiger partial charge in [-0.05, 0) is 37.8 Å². The number of hydrogen-bond acceptors (Lipinski definition) is 2. The molecule has 0 bridgehead atoms. The predicted octanol–water partition coefficient (Wildman–Crippen LogP) is 3.91. The topological polar surface area (TPSA) is 32.3 Å². The molecule has 0 radical (unpaired) electrons. The van der Waals surface area contributed by atoms with Gasteiger partial charge in [0, 0.05) is 18.3 Å². The number of rotatable bonds is 4. The van der Waals surface area contributed by atoms with E-state index in [0.29, 0.717) is 6.54 Å². The lowest BCUT2D eigenvalue weighted by Crippen LogP contribution is -2.45. The van der Waals surface area contributed by atoms with Crippen LogP contribution in [0.25, 0.3) is 0 Å². The van der Waals surface area contributed by atoms with Gasteiger partial charge < -0.3 is 10.2 Å². The van der Waals surface area contributed by atoms with E-state index in [1.807, 2.05) is 6.92 Å². The lowest BCUT2D eigenvalue weighted by molar-refractivity contribution is -0.137. The van der Waals surface area contributed by atoms with Crippen molar-refractivity contribution in [2.75, 3.05) is 18.4 Å². The van der Waals surface area contributed by atoms with Crippen LogP contribution in [-0.2, 0) is 11.0 Å². The monoisotopic (exact) mass is 314 g/mol. The van der Waals surface area contributed by atoms with Crippen LogP contribution in [0.4, 0.5) is 18.9 Å². The average molecular weight is 314 g/mol. The summed E-state index contributed by atoms with van der Waals surface area (Å²) >= 11 is 0. The first-order valence-corrected chi connectivity index (χ1v) is 7.63. The van der Waals surface area contributed by atoms with Crippen LogP contribution in [0, 0.1) is 0 Å². The number of anilines is 1. The van der Waals surface area contributed by atoms with Crippen LogP contribution in [0.3, 0.4) is 0 Å². The fourth-order valence-corrected chi connectivity index (χ4v) is 2.91. The van der Waals surface area contributed by atoms with Crippen LogP contribution in [0.5, 0.6) is 0 Å². The molecule has 1 amide bonds. The number of likely N-dealkylation sites (tertiary alicyclic amines) is 1. The Kier molecular flexibility index (Phi) is 5.32. The molecule has 1 aliphatic rings. The molecule has 1 aliphatic heterocycles. The van der Waals surface area contributed by atoms with Crippen molar-refractivity contribution in [3.05, 3.63) is 29.8 Å². The third-order valence-corrected chi connectivity index (χ3v) is 4.08. The molecule has 0 spiro atoms. The molecule has 2 rings (SSSR count). The van der Waals surface area contributed by atoms with E-state index in [-0.39, 0.29) is 24.2 Å². The second kappa shape index (κ2) is 7.03. The van der Waals surface area contributed by atoms with Gasteiger partial charge in [0.15, 0.2) is 0 Å². The van der Waals surface area contributed by atoms with E-state index in [1.165, 1.54) is 18.2 Å². The van der Waals surface area contributed by atoms with Gasteiger partial charge in [-0.15, -0.1) is 0 Å². The summed E-state index contributed by atoms with van der Waals surface area (Å²) in [6.45, 7) is 2.62. The first-order valence-electron chi connectivity index (χ1n) is 7.63. The molecule has 6 heteroatoms. The third kappa shape index (κ3) is 3.93. The molecule has 1 aromatic carbocycles. The Hall–Kier alpha value is -1.72. The van der Waals surface area contributed by atoms with Crippen LogP contribution >= 0.6 is 0 Å². The van der Waals surface area contributed by atoms with Gasteiger partial charge in [0.05, 0.1) is 12.1 Å². The van der Waals surface area contributed by atoms with Crippen molar-refractivity contribution >= 4 is 11.6 Å². The Morgan fingerprint density at radius 1 is 1.32 bits per heavy atom. The van der Waals surface area contributed by atoms with Crippen LogP contribution in [-0.4, -0.2) is 29.9 Å². The van der Waals surface area contributed by atoms with E-state index in [2.05, 4.69) is 5.32 Å². The molecule has 0 saturated carbocycles. The number of para-hydroxylation sites is 1. The molecule has 1 atom stereocenters. The molecule has 0 aromatic heterocycles. The van der Waals surface area contributed by atoms with E-state index in [9.17, 15) is 18.0 Å². The van der Waals surface area contributed by atoms with Gasteiger partial charge in [-0.2, -0.15) is 13.2 Å². The maximum absolute atomic E-state index is 12.9. The number of nitrogens with one attached hydrogen (secondary N) is 1. The summed E-state index contributed by atoms with van der Waals surface area (Å²) in [7, 11) is 0. The Balaban J connectivity index is 2.02. The lowest BCUT2D eigenvalue weighted by atomic mass is 10.00. The van der Waals surface area contributed by atoms with Crippen LogP contribution in [0.2, 0.25) is 0 Å². The minimum atomic E-state index is -4.43. The highest BCUT2D eigenvalue weighted by Gasteiger charge is 2.33. The highest BCUT2D eigenvalue weighted by molar-refractivity contribution is 5.81. The molecule has 1 saturated heterocycles. The minimum absolute atomic E-state index is 0.0478. The Bertz CT molecular complexity index is 516. The smallest absolute Gasteiger partial charge is 0.376 e. The number of alkyl halides is 3. The number of carbonyl (C=O) groups excluding carboxylic acids is 1. The largest absolute Gasteiger partial charge is 0.418 e. The number of carbonyl (C=O) groups is 1. The molecule has 22 heavy (non-hydrogen) atoms. The standard InChI is InChI=1S/C16H21F3N2O/c1-2-12-7-5-6-10-21(12)15(22)11-20-14-9-4-3-8-13(14)16(17,18)19/h3-4,8-9,12,20H,2,5-7,10-11H2,1H3. The van der Waals surface area contributed by atoms with Gasteiger partial charge in [0.25, 0.3) is 0 Å². The van der Waals surface area contributed by atoms with Crippen molar-refractivity contribution in [2.45, 2.75) is 44.8 Å². The van der Waals surface area contributed by atoms with Crippen LogP contribution in [0.1, 0.15) is 38.2 Å². The molecule has 1 unspecified atom stereocenters. The van der Waals surface area contributed by atoms with Crippen molar-refractivity contribution in [2.24, 2.45) is 0 Å². The van der Waals surface area contributed by atoms with E-state index in [1.54, 1.807) is 4.90 Å². The molecule has 1 N–H and O–H groups in total. The van der Waals surface area contributed by atoms with Gasteiger partial charge in [-0.25, -0.2) is 0 Å². The third-order valence-electron chi connectivity index (χ3n) is 4.08. The number of hydrogen-bond donors (Lipinski definition) is 1. The molecule has 1 heterocycles. The van der Waals surface area contributed by atoms with E-state index >= 15 is 0 Å². The Morgan fingerprint density at radius 3 is 2.73 bits per heavy atom. The maximum Gasteiger partial charge on any atom is 0.418 e. The quantitative estimate of drug-likeness (QED) is 0.914. The fraction of sp³-hybridized carbons (Fsp3) is 0.562. The fourth-order valence-electron chi connectivity index (χ4n) is 2.91. The Morgan fingerprint density at radius 2 is 2.05 bits per heavy atom. The normalized spacial score (nSPS) is 19.1. The first-order chi connectivity index (χ1) is 10.4. The Labute approximate surface area is 128 Å². The van der Waals surface area contributed by atoms with E-state index in [0.717, 1.165) is 31.7 Å². The number of benzene rings is 1. The molecule has 1 fully saturated rings. The minimum Gasteiger partial charge on any atom is -0.376 e. The molecule has 122 valence electrons. The van der Waals surface area contributed by atoms with Gasteiger partial charge >= 0.3 is 6.18 Å². The second-order valence-corrected chi connectivity index (χ2v) is 5.54. The van der Waals surface area contributed by atoms with Crippen LogP contribution in [0.15, 0.2) is 24.3 Å². The molecule has 3 nitrogen and oxygen atoms in total. The summed E-state index contributed by atoms with van der Waals surface area (Å²) in [6, 6.07) is 5.44. The highest BCUT2D eigenvalue weighted by Crippen LogP contribution is 2.34. The summed E-state index contributed by atoms with van der Waals surface area (Å²) in [6.07, 6.45) is -0.510. The SMILES string of the molecule is CCC1CCCCN1C(=O)CNc1ccccc1C(F)(F)F. The zero-order valence-corrected chi connectivity index (χ0v) is 12.6. The maximum atomic E-state index is 12.9. The summed E-state index contributed by atoms with van der Waals surface area (Å²) in [5.41, 5.74) is -0.790. The summed E-state index contributed by atoms with van der Waals surface area (Å²) in [5.74, 6) is -0.136. The van der Waals surface area contributed by atoms with Gasteiger partial charge in [-0.3, -0.25) is 4.79 Å². The zero-order chi connectivity index (χ0) is 16.2. The summed E-state index contributed by atoms with van der Waals surface area (Å²) in [5, 5.41) is 2.65. The number of piperidine rings is 1. The van der Waals surface area contributed by atoms with Crippen molar-refractivity contribution in [3.8, 4) is 0 Å². The van der Waals surface area contributed by atoms with Crippen molar-refractivity contribution in [1.29, 1.82) is 0 Å². The molecular formula is C16H21F3N2O. The summed E-state index contributed by atoms with van der Waals surface area (Å²) in [4.78, 5) is 14.1. The van der Waals surface area contributed by atoms with Crippen molar-refractivity contribution in [1.82, 2.24) is 4.90 Å². The number of halogens is 3. The van der Waals surface area contributed by atoms with E-state index < -0.39 is 11.7 Å². The van der Waals surface area contributed by atoms with Crippen LogP contribution < -0.4 is 5.32 Å². The second-order valence-electron chi connectivity index (χ2n) is 5.54. The summed E-state index contributed by atoms with van der Waals surface area (Å²) < 4.78 is 38.7. The van der Waals surface area contributed by atoms with Gasteiger partial charge in [-0.1, -0.05) is 19.1 Å².